The van der Waals surface area contributed by atoms with Crippen LogP contribution in [0.15, 0.2) is 18.2 Å². The molecule has 0 heterocycles. The van der Waals surface area contributed by atoms with E-state index in [0.717, 1.165) is 12.1 Å². The fraction of sp³-hybridized carbons (Fsp3) is 0.222. The summed E-state index contributed by atoms with van der Waals surface area (Å²) in [6, 6.07) is 3.18. The van der Waals surface area contributed by atoms with Gasteiger partial charge in [0.15, 0.2) is 0 Å². The summed E-state index contributed by atoms with van der Waals surface area (Å²) in [6.45, 7) is 1.61. The molecule has 86 valence electrons. The van der Waals surface area contributed by atoms with Crippen molar-refractivity contribution in [2.75, 3.05) is 5.32 Å². The molecule has 1 amide bonds. The molecule has 16 heavy (non-hydrogen) atoms. The second-order valence-electron chi connectivity index (χ2n) is 3.03. The number of nitrogens with zero attached hydrogens (tertiary/aromatic N) is 1. The Morgan fingerprint density at radius 1 is 1.62 bits per heavy atom. The molecule has 0 aliphatic heterocycles. The molecule has 0 fully saturated rings. The third-order valence-corrected chi connectivity index (χ3v) is 2.19. The van der Waals surface area contributed by atoms with Crippen molar-refractivity contribution in [3.63, 3.8) is 0 Å². The van der Waals surface area contributed by atoms with E-state index in [1.54, 1.807) is 6.92 Å². The summed E-state index contributed by atoms with van der Waals surface area (Å²) in [5.41, 5.74) is -0.440. The number of rotatable bonds is 3. The van der Waals surface area contributed by atoms with E-state index in [-0.39, 0.29) is 11.6 Å². The number of alkyl halides is 1. The summed E-state index contributed by atoms with van der Waals surface area (Å²) in [5.74, 6) is -1.33. The van der Waals surface area contributed by atoms with E-state index >= 15 is 0 Å². The van der Waals surface area contributed by atoms with Gasteiger partial charge in [-0.05, 0) is 13.0 Å². The smallest absolute Gasteiger partial charge is 0.304 e. The van der Waals surface area contributed by atoms with E-state index in [4.69, 9.17) is 0 Å². The van der Waals surface area contributed by atoms with Crippen molar-refractivity contribution in [3.8, 4) is 0 Å². The molecule has 0 aromatic heterocycles. The van der Waals surface area contributed by atoms with Crippen molar-refractivity contribution in [3.05, 3.63) is 34.1 Å². The molecule has 5 nitrogen and oxygen atoms in total. The van der Waals surface area contributed by atoms with Crippen LogP contribution in [0.1, 0.15) is 6.92 Å². The molecule has 7 heteroatoms. The van der Waals surface area contributed by atoms with Crippen LogP contribution < -0.4 is 5.32 Å². The first-order valence-corrected chi connectivity index (χ1v) is 5.22. The summed E-state index contributed by atoms with van der Waals surface area (Å²) in [6.07, 6.45) is 0. The molecule has 0 aliphatic rings. The van der Waals surface area contributed by atoms with Gasteiger partial charge in [0.05, 0.1) is 9.75 Å². The maximum atomic E-state index is 13.1. The van der Waals surface area contributed by atoms with Crippen LogP contribution in [-0.2, 0) is 4.79 Å². The Hall–Kier alpha value is -1.50. The van der Waals surface area contributed by atoms with E-state index < -0.39 is 21.3 Å². The number of benzene rings is 1. The van der Waals surface area contributed by atoms with Crippen LogP contribution in [0, 0.1) is 15.9 Å². The first-order chi connectivity index (χ1) is 7.41. The van der Waals surface area contributed by atoms with Crippen LogP contribution in [0.25, 0.3) is 0 Å². The van der Waals surface area contributed by atoms with E-state index in [1.165, 1.54) is 6.07 Å². The number of nitro groups is 1. The molecule has 0 saturated heterocycles. The van der Waals surface area contributed by atoms with Crippen molar-refractivity contribution in [2.45, 2.75) is 11.8 Å². The van der Waals surface area contributed by atoms with Gasteiger partial charge in [-0.25, -0.2) is 0 Å². The Labute approximate surface area is 98.9 Å². The fourth-order valence-electron chi connectivity index (χ4n) is 0.974. The monoisotopic (exact) mass is 290 g/mol. The molecule has 1 N–H and O–H groups in total. The molecule has 0 saturated carbocycles. The molecule has 0 spiro atoms. The zero-order chi connectivity index (χ0) is 12.3. The molecule has 1 aromatic carbocycles. The molecular formula is C9H8BrFN2O3. The predicted octanol–water partition coefficient (Wildman–Crippen LogP) is 2.46. The van der Waals surface area contributed by atoms with Gasteiger partial charge in [0, 0.05) is 17.8 Å². The second kappa shape index (κ2) is 5.02. The highest BCUT2D eigenvalue weighted by Crippen LogP contribution is 2.21. The maximum absolute atomic E-state index is 13.1. The van der Waals surface area contributed by atoms with Gasteiger partial charge in [-0.3, -0.25) is 14.9 Å². The standard InChI is InChI=1S/C9H8BrFN2O3/c1-5(10)9(14)12-6-2-3-8(13(15)16)7(11)4-6/h2-5H,1H3,(H,12,14). The van der Waals surface area contributed by atoms with Gasteiger partial charge in [0.25, 0.3) is 0 Å². The van der Waals surface area contributed by atoms with E-state index in [9.17, 15) is 19.3 Å². The quantitative estimate of drug-likeness (QED) is 0.528. The third-order valence-electron chi connectivity index (χ3n) is 1.77. The van der Waals surface area contributed by atoms with Gasteiger partial charge < -0.3 is 5.32 Å². The van der Waals surface area contributed by atoms with Gasteiger partial charge in [-0.2, -0.15) is 4.39 Å². The summed E-state index contributed by atoms with van der Waals surface area (Å²) >= 11 is 3.04. The van der Waals surface area contributed by atoms with Gasteiger partial charge in [0.2, 0.25) is 11.7 Å². The average molecular weight is 291 g/mol. The molecule has 1 unspecified atom stereocenters. The first-order valence-electron chi connectivity index (χ1n) is 4.30. The molecule has 1 rings (SSSR count). The molecular weight excluding hydrogens is 283 g/mol. The molecule has 0 bridgehead atoms. The highest BCUT2D eigenvalue weighted by atomic mass is 79.9. The summed E-state index contributed by atoms with van der Waals surface area (Å²) < 4.78 is 13.1. The normalized spacial score (nSPS) is 11.9. The van der Waals surface area contributed by atoms with Crippen LogP contribution in [0.3, 0.4) is 0 Å². The topological polar surface area (TPSA) is 72.2 Å². The lowest BCUT2D eigenvalue weighted by Crippen LogP contribution is -2.19. The van der Waals surface area contributed by atoms with Crippen molar-refractivity contribution < 1.29 is 14.1 Å². The lowest BCUT2D eigenvalue weighted by molar-refractivity contribution is -0.387. The summed E-state index contributed by atoms with van der Waals surface area (Å²) in [7, 11) is 0. The minimum Gasteiger partial charge on any atom is -0.325 e. The SMILES string of the molecule is CC(Br)C(=O)Nc1ccc([N+](=O)[O-])c(F)c1. The number of hydrogen-bond donors (Lipinski definition) is 1. The summed E-state index contributed by atoms with van der Waals surface area (Å²) in [5, 5.41) is 12.7. The highest BCUT2D eigenvalue weighted by Gasteiger charge is 2.15. The second-order valence-corrected chi connectivity index (χ2v) is 4.40. The van der Waals surface area contributed by atoms with Crippen molar-refractivity contribution >= 4 is 33.2 Å². The minimum atomic E-state index is -0.981. The Morgan fingerprint density at radius 2 is 2.25 bits per heavy atom. The number of nitrogens with one attached hydrogen (secondary N) is 1. The third kappa shape index (κ3) is 2.99. The Bertz CT molecular complexity index is 437. The lowest BCUT2D eigenvalue weighted by atomic mass is 10.2. The highest BCUT2D eigenvalue weighted by molar-refractivity contribution is 9.10. The van der Waals surface area contributed by atoms with Crippen LogP contribution in [0.4, 0.5) is 15.8 Å². The number of carbonyl (C=O) groups is 1. The number of nitro benzene ring substituents is 1. The molecule has 1 aromatic rings. The molecule has 1 atom stereocenters. The molecule has 0 radical (unpaired) electrons. The Balaban J connectivity index is 2.90. The number of amides is 1. The predicted molar refractivity (Wildman–Crippen MR) is 60.1 cm³/mol. The van der Waals surface area contributed by atoms with Crippen LogP contribution in [0.5, 0.6) is 0 Å². The van der Waals surface area contributed by atoms with Gasteiger partial charge in [-0.15, -0.1) is 0 Å². The minimum absolute atomic E-state index is 0.180. The Morgan fingerprint density at radius 3 is 2.69 bits per heavy atom. The zero-order valence-electron chi connectivity index (χ0n) is 8.24. The zero-order valence-corrected chi connectivity index (χ0v) is 9.82. The number of carbonyl (C=O) groups excluding carboxylic acids is 1. The van der Waals surface area contributed by atoms with Crippen LogP contribution in [0.2, 0.25) is 0 Å². The van der Waals surface area contributed by atoms with Crippen molar-refractivity contribution in [1.29, 1.82) is 0 Å². The fourth-order valence-corrected chi connectivity index (χ4v) is 1.09. The first kappa shape index (κ1) is 12.6. The lowest BCUT2D eigenvalue weighted by Gasteiger charge is -2.06. The van der Waals surface area contributed by atoms with Crippen LogP contribution >= 0.6 is 15.9 Å². The van der Waals surface area contributed by atoms with Crippen molar-refractivity contribution in [1.82, 2.24) is 0 Å². The van der Waals surface area contributed by atoms with E-state index in [0.29, 0.717) is 0 Å². The average Bonchev–Trinajstić information content (AvgIpc) is 2.16. The largest absolute Gasteiger partial charge is 0.325 e. The number of halogens is 2. The van der Waals surface area contributed by atoms with E-state index in [2.05, 4.69) is 21.2 Å². The van der Waals surface area contributed by atoms with E-state index in [1.807, 2.05) is 0 Å². The number of hydrogen-bond acceptors (Lipinski definition) is 3. The Kier molecular flexibility index (Phi) is 3.94. The van der Waals surface area contributed by atoms with Gasteiger partial charge in [-0.1, -0.05) is 15.9 Å². The number of anilines is 1. The summed E-state index contributed by atoms with van der Waals surface area (Å²) in [4.78, 5) is 20.3. The molecule has 0 aliphatic carbocycles. The maximum Gasteiger partial charge on any atom is 0.304 e. The van der Waals surface area contributed by atoms with Gasteiger partial charge in [0.1, 0.15) is 0 Å². The van der Waals surface area contributed by atoms with Gasteiger partial charge >= 0.3 is 5.69 Å². The van der Waals surface area contributed by atoms with Crippen molar-refractivity contribution in [2.24, 2.45) is 0 Å². The van der Waals surface area contributed by atoms with Crippen LogP contribution in [-0.4, -0.2) is 15.7 Å².